The molecule has 9 rings (SSSR count). The highest BCUT2D eigenvalue weighted by Crippen LogP contribution is 2.37. The number of benzene rings is 2. The van der Waals surface area contributed by atoms with Crippen LogP contribution in [0.2, 0.25) is 0 Å². The molecule has 2 saturated heterocycles. The third-order valence-corrected chi connectivity index (χ3v) is 11.0. The molecule has 0 unspecified atom stereocenters. The summed E-state index contributed by atoms with van der Waals surface area (Å²) < 4.78 is 59.2. The molecule has 0 spiro atoms. The number of aromatic nitrogens is 7. The molecule has 0 saturated carbocycles. The van der Waals surface area contributed by atoms with Crippen molar-refractivity contribution in [2.75, 3.05) is 50.7 Å². The lowest BCUT2D eigenvalue weighted by atomic mass is 9.99. The van der Waals surface area contributed by atoms with Crippen molar-refractivity contribution in [3.05, 3.63) is 83.8 Å². The number of halogens is 3. The van der Waals surface area contributed by atoms with E-state index in [4.69, 9.17) is 24.4 Å². The molecule has 1 N–H and O–H groups in total. The van der Waals surface area contributed by atoms with Crippen molar-refractivity contribution in [2.24, 2.45) is 0 Å². The van der Waals surface area contributed by atoms with E-state index in [9.17, 15) is 9.18 Å². The van der Waals surface area contributed by atoms with Crippen LogP contribution in [0.3, 0.4) is 0 Å². The predicted octanol–water partition coefficient (Wildman–Crippen LogP) is 5.39. The molecule has 55 heavy (non-hydrogen) atoms. The Morgan fingerprint density at radius 2 is 1.78 bits per heavy atom. The van der Waals surface area contributed by atoms with E-state index in [2.05, 4.69) is 15.4 Å². The number of anilines is 2. The van der Waals surface area contributed by atoms with E-state index < -0.39 is 29.6 Å². The van der Waals surface area contributed by atoms with E-state index >= 15 is 8.78 Å². The zero-order valence-corrected chi connectivity index (χ0v) is 30.5. The lowest BCUT2D eigenvalue weighted by molar-refractivity contribution is -0.132. The van der Waals surface area contributed by atoms with Crippen LogP contribution in [-0.4, -0.2) is 104 Å². The highest BCUT2D eigenvalue weighted by molar-refractivity contribution is 5.94. The molecule has 2 aromatic carbocycles. The van der Waals surface area contributed by atoms with Gasteiger partial charge in [0.05, 0.1) is 41.0 Å². The quantitative estimate of drug-likeness (QED) is 0.250. The molecular weight excluding hydrogens is 713 g/mol. The Morgan fingerprint density at radius 3 is 2.58 bits per heavy atom. The minimum Gasteiger partial charge on any atom is -0.381 e. The number of amides is 1. The smallest absolute Gasteiger partial charge is 0.245 e. The van der Waals surface area contributed by atoms with E-state index in [1.54, 1.807) is 25.3 Å². The molecule has 16 heteroatoms. The van der Waals surface area contributed by atoms with Crippen LogP contribution in [-0.2, 0) is 20.8 Å². The second kappa shape index (κ2) is 13.9. The summed E-state index contributed by atoms with van der Waals surface area (Å²) in [4.78, 5) is 38.0. The summed E-state index contributed by atoms with van der Waals surface area (Å²) in [5.41, 5.74) is 2.79. The second-order valence-corrected chi connectivity index (χ2v) is 14.5. The lowest BCUT2D eigenvalue weighted by Gasteiger charge is -2.31. The molecule has 3 atom stereocenters. The lowest BCUT2D eigenvalue weighted by Crippen LogP contribution is -2.47. The van der Waals surface area contributed by atoms with Crippen molar-refractivity contribution in [3.8, 4) is 16.9 Å². The van der Waals surface area contributed by atoms with Crippen LogP contribution >= 0.6 is 0 Å². The molecular formula is C39H39F3N10O3. The average molecular weight is 753 g/mol. The molecule has 0 aliphatic carbocycles. The minimum absolute atomic E-state index is 0.0390. The van der Waals surface area contributed by atoms with Crippen LogP contribution in [0, 0.1) is 24.4 Å². The average Bonchev–Trinajstić information content (AvgIpc) is 3.88. The summed E-state index contributed by atoms with van der Waals surface area (Å²) in [6.45, 7) is 3.92. The largest absolute Gasteiger partial charge is 0.381 e. The Labute approximate surface area is 314 Å². The van der Waals surface area contributed by atoms with Crippen LogP contribution in [0.15, 0.2) is 54.7 Å². The van der Waals surface area contributed by atoms with E-state index in [-0.39, 0.29) is 30.1 Å². The van der Waals surface area contributed by atoms with Crippen LogP contribution < -0.4 is 10.2 Å². The van der Waals surface area contributed by atoms with Crippen molar-refractivity contribution in [1.29, 1.82) is 0 Å². The fourth-order valence-electron chi connectivity index (χ4n) is 8.21. The number of imidazole rings is 1. The van der Waals surface area contributed by atoms with Crippen molar-refractivity contribution in [2.45, 2.75) is 56.8 Å². The van der Waals surface area contributed by atoms with Gasteiger partial charge < -0.3 is 29.2 Å². The fourth-order valence-corrected chi connectivity index (χ4v) is 8.21. The number of hydrogen-bond donors (Lipinski definition) is 1. The summed E-state index contributed by atoms with van der Waals surface area (Å²) in [6.07, 6.45) is 2.91. The van der Waals surface area contributed by atoms with E-state index in [0.717, 1.165) is 11.6 Å². The molecule has 6 aromatic rings. The van der Waals surface area contributed by atoms with Gasteiger partial charge in [-0.1, -0.05) is 6.07 Å². The summed E-state index contributed by atoms with van der Waals surface area (Å²) in [7, 11) is 3.37. The van der Waals surface area contributed by atoms with Gasteiger partial charge in [0.15, 0.2) is 11.5 Å². The monoisotopic (exact) mass is 752 g/mol. The summed E-state index contributed by atoms with van der Waals surface area (Å²) in [5.74, 6) is 0.161. The van der Waals surface area contributed by atoms with Crippen molar-refractivity contribution < 1.29 is 27.4 Å². The third kappa shape index (κ3) is 6.32. The summed E-state index contributed by atoms with van der Waals surface area (Å²) >= 11 is 0. The maximum absolute atomic E-state index is 15.2. The maximum Gasteiger partial charge on any atom is 0.245 e. The Kier molecular flexibility index (Phi) is 8.88. The van der Waals surface area contributed by atoms with Gasteiger partial charge in [0.2, 0.25) is 5.91 Å². The number of pyridine rings is 1. The van der Waals surface area contributed by atoms with Gasteiger partial charge in [0.25, 0.3) is 0 Å². The molecule has 1 amide bonds. The molecule has 284 valence electrons. The number of carbonyl (C=O) groups is 1. The van der Waals surface area contributed by atoms with Gasteiger partial charge in [-0.2, -0.15) is 5.10 Å². The number of ether oxygens (including phenoxy) is 2. The number of carbonyl (C=O) groups excluding carboxylic acids is 1. The van der Waals surface area contributed by atoms with Crippen LogP contribution in [0.25, 0.3) is 39.0 Å². The van der Waals surface area contributed by atoms with E-state index in [1.165, 1.54) is 28.9 Å². The van der Waals surface area contributed by atoms with Gasteiger partial charge in [-0.05, 0) is 56.5 Å². The first-order chi connectivity index (χ1) is 26.6. The first-order valence-electron chi connectivity index (χ1n) is 18.4. The van der Waals surface area contributed by atoms with Gasteiger partial charge in [0.1, 0.15) is 46.6 Å². The normalized spacial score (nSPS) is 20.9. The number of aryl methyl sites for hydroxylation is 1. The van der Waals surface area contributed by atoms with Crippen molar-refractivity contribution in [1.82, 2.24) is 39.2 Å². The number of nitrogens with one attached hydrogen (secondary N) is 1. The number of nitrogens with zero attached hydrogens (tertiary/aromatic N) is 9. The van der Waals surface area contributed by atoms with Gasteiger partial charge in [-0.3, -0.25) is 4.79 Å². The number of fused-ring (bicyclic) bond motifs is 6. The number of hydrogen-bond acceptors (Lipinski definition) is 10. The van der Waals surface area contributed by atoms with Gasteiger partial charge in [-0.25, -0.2) is 37.8 Å². The predicted molar refractivity (Wildman–Crippen MR) is 199 cm³/mol. The molecule has 13 nitrogen and oxygen atoms in total. The maximum atomic E-state index is 15.2. The number of methoxy groups -OCH3 is 1. The molecule has 2 fully saturated rings. The number of likely N-dealkylation sites (N-methyl/N-ethyl adjacent to an activating group) is 1. The van der Waals surface area contributed by atoms with E-state index in [1.807, 2.05) is 34.6 Å². The molecule has 0 radical (unpaired) electrons. The summed E-state index contributed by atoms with van der Waals surface area (Å²) in [5, 5.41) is 8.59. The van der Waals surface area contributed by atoms with Crippen LogP contribution in [0.4, 0.5) is 24.8 Å². The summed E-state index contributed by atoms with van der Waals surface area (Å²) in [6, 6.07) is 10.8. The molecule has 4 bridgehead atoms. The van der Waals surface area contributed by atoms with Crippen molar-refractivity contribution >= 4 is 39.6 Å². The molecule has 4 aromatic heterocycles. The Bertz CT molecular complexity index is 2450. The molecule has 3 aliphatic rings. The number of rotatable bonds is 4. The zero-order valence-electron chi connectivity index (χ0n) is 30.5. The standard InChI is InChI=1S/C39H39F3N10O3/c1-21-44-31-15-24(41)13-27-30-5-4-6-34(46-30)45-25-16-33(39(53)49(2)19-26(54-3)20-50(21)35(27)31)51(18-25)37-28-17-43-52(32-8-7-23(40)14-29(32)42)38(28)48-36(47-37)22-9-11-55-12-10-22/h4-8,13-15,17,22,25-26,33H,9-12,16,18-20H2,1-3H3,(H,45,46)/t25-,26-,33-/m0/s1. The highest BCUT2D eigenvalue weighted by Gasteiger charge is 2.41. The van der Waals surface area contributed by atoms with Crippen LogP contribution in [0.5, 0.6) is 0 Å². The van der Waals surface area contributed by atoms with Crippen LogP contribution in [0.1, 0.15) is 36.8 Å². The second-order valence-electron chi connectivity index (χ2n) is 14.5. The molecule has 3 aliphatic heterocycles. The zero-order chi connectivity index (χ0) is 38.0. The Morgan fingerprint density at radius 1 is 0.945 bits per heavy atom. The first-order valence-corrected chi connectivity index (χ1v) is 18.4. The topological polar surface area (TPSA) is 128 Å². The van der Waals surface area contributed by atoms with E-state index in [0.29, 0.717) is 96.7 Å². The first kappa shape index (κ1) is 35.1. The highest BCUT2D eigenvalue weighted by atomic mass is 19.1. The fraction of sp³-hybridized carbons (Fsp3) is 0.385. The minimum atomic E-state index is -0.787. The van der Waals surface area contributed by atoms with Crippen molar-refractivity contribution in [3.63, 3.8) is 0 Å². The van der Waals surface area contributed by atoms with Gasteiger partial charge >= 0.3 is 0 Å². The SMILES string of the molecule is CO[C@H]1CN(C)C(=O)[C@@H]2C[C@@H](CN2c2nc(C3CCOCC3)nc3c2cnn3-c2ccc(F)cc2F)Nc2cccc(n2)-c2cc(F)cc3nc(C)n(c23)C1. The third-order valence-electron chi connectivity index (χ3n) is 11.0. The van der Waals surface area contributed by atoms with Gasteiger partial charge in [0, 0.05) is 70.1 Å². The Balaban J connectivity index is 1.17. The molecule has 7 heterocycles. The Hall–Kier alpha value is -5.61. The van der Waals surface area contributed by atoms with Gasteiger partial charge in [-0.15, -0.1) is 0 Å².